The monoisotopic (exact) mass is 351 g/mol. The van der Waals surface area contributed by atoms with Gasteiger partial charge in [-0.1, -0.05) is 32.2 Å². The van der Waals surface area contributed by atoms with Crippen LogP contribution in [0.1, 0.15) is 18.2 Å². The van der Waals surface area contributed by atoms with Crippen molar-refractivity contribution < 1.29 is 18.3 Å². The van der Waals surface area contributed by atoms with E-state index in [4.69, 9.17) is 0 Å². The fourth-order valence-electron chi connectivity index (χ4n) is 1.02. The Morgan fingerprint density at radius 3 is 2.53 bits per heavy atom. The van der Waals surface area contributed by atoms with Gasteiger partial charge >= 0.3 is 6.18 Å². The number of hydrogen-bond acceptors (Lipinski definition) is 3. The third kappa shape index (κ3) is 2.39. The van der Waals surface area contributed by atoms with Crippen LogP contribution >= 0.6 is 32.1 Å². The first-order valence-electron chi connectivity index (χ1n) is 3.99. The molecule has 0 bridgehead atoms. The second kappa shape index (κ2) is 4.46. The lowest BCUT2D eigenvalue weighted by Gasteiger charge is -2.27. The molecule has 86 valence electrons. The van der Waals surface area contributed by atoms with E-state index in [-0.39, 0.29) is 4.88 Å². The van der Waals surface area contributed by atoms with Crippen molar-refractivity contribution >= 4 is 36.6 Å². The Balaban J connectivity index is 3.17. The highest BCUT2D eigenvalue weighted by Crippen LogP contribution is 2.43. The molecule has 1 atom stereocenters. The van der Waals surface area contributed by atoms with E-state index in [2.05, 4.69) is 9.50 Å². The first-order valence-corrected chi connectivity index (χ1v) is 7.41. The van der Waals surface area contributed by atoms with E-state index in [0.29, 0.717) is 3.01 Å². The standard InChI is InChI=1S/C8H9F3INOS/c1-3-7(14,8(9,10)11)5-4-13-6(12-2)15-5/h4,14H,2-3H2,1H3. The zero-order valence-electron chi connectivity index (χ0n) is 7.81. The highest BCUT2D eigenvalue weighted by atomic mass is 127. The molecule has 0 radical (unpaired) electrons. The second-order valence-corrected chi connectivity index (χ2v) is 6.37. The van der Waals surface area contributed by atoms with Gasteiger partial charge in [-0.05, 0) is 6.42 Å². The molecule has 0 saturated heterocycles. The van der Waals surface area contributed by atoms with Gasteiger partial charge in [0.15, 0.2) is 5.60 Å². The lowest BCUT2D eigenvalue weighted by Crippen LogP contribution is -2.40. The lowest BCUT2D eigenvalue weighted by atomic mass is 9.99. The van der Waals surface area contributed by atoms with Gasteiger partial charge in [-0.15, -0.1) is 11.3 Å². The molecule has 1 aromatic heterocycles. The Kier molecular flexibility index (Phi) is 3.88. The van der Waals surface area contributed by atoms with Crippen molar-refractivity contribution in [2.45, 2.75) is 25.1 Å². The Morgan fingerprint density at radius 2 is 2.20 bits per heavy atom. The molecule has 1 rings (SSSR count). The molecule has 0 saturated carbocycles. The summed E-state index contributed by atoms with van der Waals surface area (Å²) in [5, 5.41) is 9.57. The SMILES string of the molecule is C=Ic1ncc(C(O)(CC)C(F)(F)F)s1. The fraction of sp³-hybridized carbons (Fsp3) is 0.500. The molecule has 0 aromatic carbocycles. The average Bonchev–Trinajstić information content (AvgIpc) is 2.63. The summed E-state index contributed by atoms with van der Waals surface area (Å²) in [6, 6.07) is 0. The number of rotatable bonds is 3. The molecule has 1 N–H and O–H groups in total. The summed E-state index contributed by atoms with van der Waals surface area (Å²) < 4.78 is 42.1. The number of aromatic nitrogens is 1. The molecule has 1 aromatic rings. The van der Waals surface area contributed by atoms with Crippen LogP contribution in [-0.4, -0.2) is 20.8 Å². The van der Waals surface area contributed by atoms with E-state index >= 15 is 0 Å². The number of alkyl halides is 3. The summed E-state index contributed by atoms with van der Waals surface area (Å²) in [5.74, 6) is 0. The maximum absolute atomic E-state index is 12.6. The van der Waals surface area contributed by atoms with Gasteiger partial charge in [0, 0.05) is 6.20 Å². The second-order valence-electron chi connectivity index (χ2n) is 2.82. The van der Waals surface area contributed by atoms with Crippen molar-refractivity contribution in [3.63, 3.8) is 0 Å². The van der Waals surface area contributed by atoms with Gasteiger partial charge in [-0.2, -0.15) is 13.2 Å². The van der Waals surface area contributed by atoms with Gasteiger partial charge in [-0.25, -0.2) is 4.98 Å². The predicted octanol–water partition coefficient (Wildman–Crippen LogP) is 2.88. The van der Waals surface area contributed by atoms with Crippen LogP contribution in [0.25, 0.3) is 0 Å². The molecule has 0 aliphatic heterocycles. The summed E-state index contributed by atoms with van der Waals surface area (Å²) in [6.07, 6.45) is -3.97. The smallest absolute Gasteiger partial charge is 0.376 e. The maximum atomic E-state index is 12.6. The normalized spacial score (nSPS) is 16.3. The molecule has 0 spiro atoms. The molecule has 0 fully saturated rings. The van der Waals surface area contributed by atoms with Crippen LogP contribution < -0.4 is 0 Å². The number of halogens is 4. The first-order chi connectivity index (χ1) is 6.85. The zero-order valence-corrected chi connectivity index (χ0v) is 10.8. The van der Waals surface area contributed by atoms with Crippen LogP contribution in [0.4, 0.5) is 13.2 Å². The van der Waals surface area contributed by atoms with E-state index in [1.807, 2.05) is 0 Å². The van der Waals surface area contributed by atoms with Gasteiger partial charge in [0.05, 0.1) is 4.88 Å². The number of hydrogen-bond donors (Lipinski definition) is 1. The van der Waals surface area contributed by atoms with Crippen molar-refractivity contribution in [2.24, 2.45) is 0 Å². The quantitative estimate of drug-likeness (QED) is 0.850. The topological polar surface area (TPSA) is 33.1 Å². The van der Waals surface area contributed by atoms with E-state index < -0.39 is 38.9 Å². The highest BCUT2D eigenvalue weighted by molar-refractivity contribution is 14.2. The van der Waals surface area contributed by atoms with Crippen LogP contribution in [0.15, 0.2) is 6.20 Å². The average molecular weight is 351 g/mol. The molecule has 15 heavy (non-hydrogen) atoms. The molecular weight excluding hydrogens is 342 g/mol. The molecule has 1 heterocycles. The van der Waals surface area contributed by atoms with Crippen molar-refractivity contribution in [2.75, 3.05) is 0 Å². The summed E-state index contributed by atoms with van der Waals surface area (Å²) in [6.45, 7) is 1.30. The van der Waals surface area contributed by atoms with Crippen LogP contribution in [0.3, 0.4) is 0 Å². The first kappa shape index (κ1) is 13.0. The van der Waals surface area contributed by atoms with Crippen LogP contribution in [0.5, 0.6) is 0 Å². The minimum Gasteiger partial charge on any atom is -0.376 e. The van der Waals surface area contributed by atoms with E-state index in [0.717, 1.165) is 17.5 Å². The molecule has 7 heteroatoms. The van der Waals surface area contributed by atoms with E-state index in [1.165, 1.54) is 6.92 Å². The predicted molar refractivity (Wildman–Crippen MR) is 62.2 cm³/mol. The molecule has 0 aliphatic carbocycles. The van der Waals surface area contributed by atoms with Crippen molar-refractivity contribution in [3.8, 4) is 0 Å². The Morgan fingerprint density at radius 1 is 1.60 bits per heavy atom. The molecule has 0 aliphatic rings. The summed E-state index contributed by atoms with van der Waals surface area (Å²) in [7, 11) is 0. The number of thiazole rings is 1. The number of nitrogens with zero attached hydrogens (tertiary/aromatic N) is 1. The summed E-state index contributed by atoms with van der Waals surface area (Å²) >= 11 is 0.315. The zero-order chi connectivity index (χ0) is 11.7. The van der Waals surface area contributed by atoms with Crippen LogP contribution in [0, 0.1) is 3.01 Å². The van der Waals surface area contributed by atoms with Gasteiger partial charge < -0.3 is 5.11 Å². The van der Waals surface area contributed by atoms with Gasteiger partial charge in [0.2, 0.25) is 0 Å². The third-order valence-electron chi connectivity index (χ3n) is 1.98. The molecule has 0 amide bonds. The Hall–Kier alpha value is -0.0200. The lowest BCUT2D eigenvalue weighted by molar-refractivity contribution is -0.266. The van der Waals surface area contributed by atoms with E-state index in [9.17, 15) is 18.3 Å². The van der Waals surface area contributed by atoms with Gasteiger partial charge in [0.25, 0.3) is 0 Å². The molecule has 2 nitrogen and oxygen atoms in total. The maximum Gasteiger partial charge on any atom is 0.422 e. The Bertz CT molecular complexity index is 365. The molecule has 1 unspecified atom stereocenters. The van der Waals surface area contributed by atoms with Crippen molar-refractivity contribution in [1.82, 2.24) is 4.98 Å². The minimum atomic E-state index is -4.66. The van der Waals surface area contributed by atoms with Gasteiger partial charge in [0.1, 0.15) is 3.01 Å². The Labute approximate surface area is 98.9 Å². The molecular formula is C8H9F3INOS. The summed E-state index contributed by atoms with van der Waals surface area (Å²) in [4.78, 5) is 3.66. The van der Waals surface area contributed by atoms with Crippen LogP contribution in [0.2, 0.25) is 0 Å². The number of aliphatic hydroxyl groups is 1. The highest BCUT2D eigenvalue weighted by Gasteiger charge is 2.54. The van der Waals surface area contributed by atoms with Gasteiger partial charge in [-0.3, -0.25) is 0 Å². The van der Waals surface area contributed by atoms with Crippen LogP contribution in [-0.2, 0) is 5.60 Å². The van der Waals surface area contributed by atoms with Crippen molar-refractivity contribution in [1.29, 1.82) is 0 Å². The summed E-state index contributed by atoms with van der Waals surface area (Å²) in [5.41, 5.74) is -2.76. The fourth-order valence-corrected chi connectivity index (χ4v) is 3.41. The van der Waals surface area contributed by atoms with Crippen molar-refractivity contribution in [3.05, 3.63) is 14.1 Å². The third-order valence-corrected chi connectivity index (χ3v) is 5.24. The van der Waals surface area contributed by atoms with E-state index in [1.54, 1.807) is 0 Å². The minimum absolute atomic E-state index is 0.143. The largest absolute Gasteiger partial charge is 0.422 e.